The van der Waals surface area contributed by atoms with Gasteiger partial charge in [0.25, 0.3) is 11.7 Å². The maximum atomic E-state index is 13.1. The van der Waals surface area contributed by atoms with Gasteiger partial charge in [0, 0.05) is 19.1 Å². The molecule has 1 saturated heterocycles. The van der Waals surface area contributed by atoms with Gasteiger partial charge in [0.2, 0.25) is 10.0 Å². The summed E-state index contributed by atoms with van der Waals surface area (Å²) in [5.74, 6) is -1.29. The fourth-order valence-electron chi connectivity index (χ4n) is 3.68. The van der Waals surface area contributed by atoms with Crippen LogP contribution in [0.4, 0.5) is 10.1 Å². The molecule has 0 bridgehead atoms. The van der Waals surface area contributed by atoms with E-state index in [1.807, 2.05) is 6.92 Å². The van der Waals surface area contributed by atoms with E-state index in [0.717, 1.165) is 12.8 Å². The van der Waals surface area contributed by atoms with E-state index < -0.39 is 28.4 Å². The Kier molecular flexibility index (Phi) is 6.47. The highest BCUT2D eigenvalue weighted by Crippen LogP contribution is 2.33. The lowest BCUT2D eigenvalue weighted by molar-refractivity contribution is -0.114. The number of benzene rings is 1. The van der Waals surface area contributed by atoms with E-state index in [-0.39, 0.29) is 29.7 Å². The first-order valence-electron chi connectivity index (χ1n) is 9.57. The van der Waals surface area contributed by atoms with Gasteiger partial charge >= 0.3 is 0 Å². The number of alkyl halides is 1. The van der Waals surface area contributed by atoms with Crippen molar-refractivity contribution >= 4 is 27.4 Å². The Labute approximate surface area is 164 Å². The Morgan fingerprint density at radius 3 is 2.79 bits per heavy atom. The molecule has 3 rings (SSSR count). The third-order valence-corrected chi connectivity index (χ3v) is 7.09. The molecule has 1 aromatic carbocycles. The topological polar surface area (TPSA) is 84.0 Å². The van der Waals surface area contributed by atoms with Crippen LogP contribution >= 0.6 is 0 Å². The van der Waals surface area contributed by atoms with Crippen LogP contribution in [0.5, 0.6) is 0 Å². The molecule has 0 spiro atoms. The zero-order valence-corrected chi connectivity index (χ0v) is 16.7. The highest BCUT2D eigenvalue weighted by molar-refractivity contribution is 7.89. The van der Waals surface area contributed by atoms with Gasteiger partial charge in [0.1, 0.15) is 6.67 Å². The van der Waals surface area contributed by atoms with Crippen molar-refractivity contribution < 1.29 is 27.1 Å². The van der Waals surface area contributed by atoms with Crippen molar-refractivity contribution in [1.29, 1.82) is 0 Å². The number of rotatable bonds is 9. The van der Waals surface area contributed by atoms with Crippen molar-refractivity contribution in [2.75, 3.05) is 37.9 Å². The summed E-state index contributed by atoms with van der Waals surface area (Å²) in [6.07, 6.45) is 2.96. The van der Waals surface area contributed by atoms with Crippen LogP contribution in [0.2, 0.25) is 0 Å². The molecule has 0 aromatic heterocycles. The summed E-state index contributed by atoms with van der Waals surface area (Å²) in [6.45, 7) is 2.22. The van der Waals surface area contributed by atoms with Gasteiger partial charge in [-0.3, -0.25) is 9.59 Å². The number of unbranched alkanes of at least 4 members (excludes halogenated alkanes) is 1. The first-order valence-corrected chi connectivity index (χ1v) is 11.0. The van der Waals surface area contributed by atoms with Gasteiger partial charge in [-0.1, -0.05) is 13.3 Å². The van der Waals surface area contributed by atoms with Crippen LogP contribution in [0, 0.1) is 0 Å². The maximum absolute atomic E-state index is 13.1. The minimum atomic E-state index is -3.84. The van der Waals surface area contributed by atoms with Crippen LogP contribution in [-0.2, 0) is 19.6 Å². The highest BCUT2D eigenvalue weighted by Gasteiger charge is 2.39. The zero-order valence-electron chi connectivity index (χ0n) is 15.9. The summed E-state index contributed by atoms with van der Waals surface area (Å²) in [5, 5.41) is 0. The second kappa shape index (κ2) is 8.67. The number of carbonyl (C=O) groups excluding carboxylic acids is 2. The number of ketones is 1. The van der Waals surface area contributed by atoms with Crippen LogP contribution in [-0.4, -0.2) is 63.4 Å². The fraction of sp³-hybridized carbons (Fsp3) is 0.579. The molecular formula is C19H25FN2O5S. The number of fused-ring (bicyclic) bond motifs is 1. The lowest BCUT2D eigenvalue weighted by atomic mass is 10.1. The van der Waals surface area contributed by atoms with Gasteiger partial charge in [-0.2, -0.15) is 4.31 Å². The summed E-state index contributed by atoms with van der Waals surface area (Å²) in [5.41, 5.74) is 0.596. The molecule has 7 nitrogen and oxygen atoms in total. The summed E-state index contributed by atoms with van der Waals surface area (Å²) < 4.78 is 45.0. The smallest absolute Gasteiger partial charge is 0.299 e. The van der Waals surface area contributed by atoms with E-state index >= 15 is 0 Å². The third-order valence-electron chi connectivity index (χ3n) is 5.14. The number of nitrogens with zero attached hydrogens (tertiary/aromatic N) is 2. The summed E-state index contributed by atoms with van der Waals surface area (Å²) in [7, 11) is -3.84. The monoisotopic (exact) mass is 412 g/mol. The summed E-state index contributed by atoms with van der Waals surface area (Å²) >= 11 is 0. The Morgan fingerprint density at radius 1 is 1.29 bits per heavy atom. The van der Waals surface area contributed by atoms with Gasteiger partial charge in [0.05, 0.1) is 29.4 Å². The number of Topliss-reactive ketones (excluding diaryl/α,β-unsaturated/α-hetero) is 1. The van der Waals surface area contributed by atoms with E-state index in [0.29, 0.717) is 31.6 Å². The van der Waals surface area contributed by atoms with Gasteiger partial charge in [-0.05, 0) is 37.5 Å². The second-order valence-electron chi connectivity index (χ2n) is 6.99. The molecule has 1 atom stereocenters. The predicted molar refractivity (Wildman–Crippen MR) is 102 cm³/mol. The molecule has 0 radical (unpaired) electrons. The zero-order chi connectivity index (χ0) is 20.3. The van der Waals surface area contributed by atoms with Gasteiger partial charge in [-0.25, -0.2) is 12.8 Å². The number of amides is 1. The van der Waals surface area contributed by atoms with Crippen molar-refractivity contribution in [3.63, 3.8) is 0 Å². The van der Waals surface area contributed by atoms with Gasteiger partial charge in [-0.15, -0.1) is 0 Å². The molecule has 0 N–H and O–H groups in total. The van der Waals surface area contributed by atoms with Gasteiger partial charge < -0.3 is 9.64 Å². The number of sulfonamides is 1. The van der Waals surface area contributed by atoms with Crippen LogP contribution in [0.3, 0.4) is 0 Å². The minimum absolute atomic E-state index is 0.0119. The third kappa shape index (κ3) is 3.83. The van der Waals surface area contributed by atoms with Crippen molar-refractivity contribution in [2.24, 2.45) is 0 Å². The number of carbonyl (C=O) groups is 2. The normalized spacial score (nSPS) is 20.2. The van der Waals surface area contributed by atoms with Crippen LogP contribution in [0.15, 0.2) is 23.1 Å². The van der Waals surface area contributed by atoms with E-state index in [1.165, 1.54) is 27.4 Å². The van der Waals surface area contributed by atoms with Crippen molar-refractivity contribution in [3.8, 4) is 0 Å². The largest absolute Gasteiger partial charge is 0.377 e. The fourth-order valence-corrected chi connectivity index (χ4v) is 5.39. The maximum Gasteiger partial charge on any atom is 0.299 e. The molecule has 1 aromatic rings. The van der Waals surface area contributed by atoms with E-state index in [4.69, 9.17) is 4.74 Å². The Balaban J connectivity index is 1.86. The van der Waals surface area contributed by atoms with Crippen molar-refractivity contribution in [1.82, 2.24) is 4.31 Å². The molecular weight excluding hydrogens is 387 g/mol. The molecule has 2 aliphatic rings. The summed E-state index contributed by atoms with van der Waals surface area (Å²) in [6, 6.07) is 3.92. The molecule has 0 unspecified atom stereocenters. The number of ether oxygens (including phenoxy) is 1. The standard InChI is InChI=1S/C19H25FN2O5S/c1-2-3-9-21-17-7-6-15(12-16(17)18(23)19(21)24)28(25,26)22-10-4-5-14(22)13-27-11-8-20/h6-7,12,14H,2-5,8-11,13H2,1H3/t14-/m0/s1. The van der Waals surface area contributed by atoms with Crippen LogP contribution in [0.25, 0.3) is 0 Å². The van der Waals surface area contributed by atoms with Crippen molar-refractivity contribution in [3.05, 3.63) is 23.8 Å². The van der Waals surface area contributed by atoms with E-state index in [1.54, 1.807) is 0 Å². The number of hydrogen-bond acceptors (Lipinski definition) is 5. The number of anilines is 1. The lowest BCUT2D eigenvalue weighted by Crippen LogP contribution is -2.38. The highest BCUT2D eigenvalue weighted by atomic mass is 32.2. The van der Waals surface area contributed by atoms with Crippen molar-refractivity contribution in [2.45, 2.75) is 43.5 Å². The molecule has 1 fully saturated rings. The first-order chi connectivity index (χ1) is 13.4. The molecule has 0 saturated carbocycles. The first kappa shape index (κ1) is 20.9. The average Bonchev–Trinajstić information content (AvgIpc) is 3.25. The average molecular weight is 412 g/mol. The Morgan fingerprint density at radius 2 is 2.07 bits per heavy atom. The Bertz CT molecular complexity index is 858. The number of halogens is 1. The van der Waals surface area contributed by atoms with Gasteiger partial charge in [0.15, 0.2) is 0 Å². The van der Waals surface area contributed by atoms with Crippen LogP contribution < -0.4 is 4.90 Å². The van der Waals surface area contributed by atoms with Crippen LogP contribution in [0.1, 0.15) is 43.0 Å². The molecule has 154 valence electrons. The SMILES string of the molecule is CCCCN1C(=O)C(=O)c2cc(S(=O)(=O)N3CCC[C@H]3COCCF)ccc21. The summed E-state index contributed by atoms with van der Waals surface area (Å²) in [4.78, 5) is 26.0. The minimum Gasteiger partial charge on any atom is -0.377 e. The molecule has 28 heavy (non-hydrogen) atoms. The van der Waals surface area contributed by atoms with E-state index in [2.05, 4.69) is 0 Å². The number of hydrogen-bond donors (Lipinski definition) is 0. The molecule has 9 heteroatoms. The molecule has 2 heterocycles. The molecule has 0 aliphatic carbocycles. The predicted octanol–water partition coefficient (Wildman–Crippen LogP) is 2.16. The quantitative estimate of drug-likeness (QED) is 0.458. The molecule has 1 amide bonds. The lowest BCUT2D eigenvalue weighted by Gasteiger charge is -2.24. The molecule has 2 aliphatic heterocycles. The van der Waals surface area contributed by atoms with E-state index in [9.17, 15) is 22.4 Å². The Hall–Kier alpha value is -1.84. The second-order valence-corrected chi connectivity index (χ2v) is 8.88.